The van der Waals surface area contributed by atoms with Crippen LogP contribution in [-0.4, -0.2) is 32.1 Å². The third-order valence-electron chi connectivity index (χ3n) is 3.65. The number of aryl methyl sites for hydroxylation is 1. The topological polar surface area (TPSA) is 45.5 Å². The van der Waals surface area contributed by atoms with Gasteiger partial charge in [0.2, 0.25) is 0 Å². The van der Waals surface area contributed by atoms with Crippen LogP contribution in [0.3, 0.4) is 0 Å². The first kappa shape index (κ1) is 16.7. The zero-order valence-corrected chi connectivity index (χ0v) is 14.2. The van der Waals surface area contributed by atoms with Crippen LogP contribution in [-0.2, 0) is 6.54 Å². The van der Waals surface area contributed by atoms with E-state index in [-0.39, 0.29) is 11.0 Å². The quantitative estimate of drug-likeness (QED) is 0.834. The van der Waals surface area contributed by atoms with Crippen LogP contribution < -0.4 is 10.9 Å². The highest BCUT2D eigenvalue weighted by Gasteiger charge is 2.18. The molecule has 0 atom stereocenters. The molecule has 1 N–H and O–H groups in total. The highest BCUT2D eigenvalue weighted by Crippen LogP contribution is 2.19. The van der Waals surface area contributed by atoms with Crippen molar-refractivity contribution in [3.05, 3.63) is 45.8 Å². The molecule has 4 heteroatoms. The minimum atomic E-state index is -0.289. The Morgan fingerprint density at radius 3 is 2.64 bits per heavy atom. The van der Waals surface area contributed by atoms with Crippen molar-refractivity contribution in [2.24, 2.45) is 5.41 Å². The summed E-state index contributed by atoms with van der Waals surface area (Å²) < 4.78 is 5.29. The molecule has 0 unspecified atom stereocenters. The van der Waals surface area contributed by atoms with E-state index in [0.717, 1.165) is 29.6 Å². The van der Waals surface area contributed by atoms with Crippen molar-refractivity contribution in [3.8, 4) is 0 Å². The van der Waals surface area contributed by atoms with Gasteiger partial charge in [-0.1, -0.05) is 26.0 Å². The summed E-state index contributed by atoms with van der Waals surface area (Å²) in [6, 6.07) is 7.57. The van der Waals surface area contributed by atoms with Crippen LogP contribution in [0.15, 0.2) is 33.5 Å². The van der Waals surface area contributed by atoms with E-state index in [2.05, 4.69) is 38.2 Å². The Labute approximate surface area is 132 Å². The number of benzene rings is 1. The fourth-order valence-corrected chi connectivity index (χ4v) is 2.93. The molecule has 0 spiro atoms. The maximum absolute atomic E-state index is 11.7. The third kappa shape index (κ3) is 4.42. The van der Waals surface area contributed by atoms with E-state index >= 15 is 0 Å². The Balaban J connectivity index is 2.13. The van der Waals surface area contributed by atoms with Crippen LogP contribution in [0.5, 0.6) is 0 Å². The minimum Gasteiger partial charge on any atom is -0.423 e. The van der Waals surface area contributed by atoms with E-state index in [4.69, 9.17) is 4.42 Å². The first-order valence-corrected chi connectivity index (χ1v) is 7.66. The van der Waals surface area contributed by atoms with Crippen LogP contribution in [0.4, 0.5) is 0 Å². The standard InChI is InChI=1S/C18H26N2O2/c1-13-6-7-15-14(9-17(21)22-16(15)8-13)10-19-11-18(2,3)12-20(4)5/h6-9,19H,10-12H2,1-5H3. The lowest BCUT2D eigenvalue weighted by atomic mass is 9.93. The highest BCUT2D eigenvalue weighted by atomic mass is 16.4. The summed E-state index contributed by atoms with van der Waals surface area (Å²) in [7, 11) is 4.17. The van der Waals surface area contributed by atoms with Gasteiger partial charge in [0.25, 0.3) is 0 Å². The lowest BCUT2D eigenvalue weighted by Gasteiger charge is -2.28. The second-order valence-corrected chi connectivity index (χ2v) is 7.10. The molecule has 0 aliphatic heterocycles. The molecule has 2 rings (SSSR count). The lowest BCUT2D eigenvalue weighted by Crippen LogP contribution is -2.37. The van der Waals surface area contributed by atoms with Gasteiger partial charge in [-0.25, -0.2) is 4.79 Å². The van der Waals surface area contributed by atoms with Gasteiger partial charge in [-0.2, -0.15) is 0 Å². The van der Waals surface area contributed by atoms with Gasteiger partial charge in [-0.3, -0.25) is 0 Å². The molecule has 1 aromatic carbocycles. The van der Waals surface area contributed by atoms with Crippen molar-refractivity contribution in [1.82, 2.24) is 10.2 Å². The Hall–Kier alpha value is -1.65. The van der Waals surface area contributed by atoms with Crippen molar-refractivity contribution in [1.29, 1.82) is 0 Å². The molecule has 0 aliphatic rings. The van der Waals surface area contributed by atoms with Crippen LogP contribution in [0, 0.1) is 12.3 Å². The first-order valence-electron chi connectivity index (χ1n) is 7.66. The zero-order valence-electron chi connectivity index (χ0n) is 14.2. The van der Waals surface area contributed by atoms with E-state index in [1.165, 1.54) is 0 Å². The molecule has 1 aromatic heterocycles. The summed E-state index contributed by atoms with van der Waals surface area (Å²) in [5, 5.41) is 4.48. The molecule has 22 heavy (non-hydrogen) atoms. The number of rotatable bonds is 6. The Morgan fingerprint density at radius 1 is 1.23 bits per heavy atom. The Morgan fingerprint density at radius 2 is 1.95 bits per heavy atom. The molecule has 0 bridgehead atoms. The smallest absolute Gasteiger partial charge is 0.336 e. The van der Waals surface area contributed by atoms with E-state index in [1.807, 2.05) is 25.1 Å². The van der Waals surface area contributed by atoms with E-state index < -0.39 is 0 Å². The van der Waals surface area contributed by atoms with Gasteiger partial charge in [-0.05, 0) is 43.6 Å². The zero-order chi connectivity index (χ0) is 16.3. The summed E-state index contributed by atoms with van der Waals surface area (Å²) in [6.45, 7) is 9.04. The number of nitrogens with zero attached hydrogens (tertiary/aromatic N) is 1. The van der Waals surface area contributed by atoms with E-state index in [0.29, 0.717) is 12.1 Å². The van der Waals surface area contributed by atoms with Crippen LogP contribution in [0.25, 0.3) is 11.0 Å². The molecule has 0 aliphatic carbocycles. The summed E-state index contributed by atoms with van der Waals surface area (Å²) >= 11 is 0. The minimum absolute atomic E-state index is 0.176. The fraction of sp³-hybridized carbons (Fsp3) is 0.500. The molecule has 2 aromatic rings. The first-order chi connectivity index (χ1) is 10.3. The predicted molar refractivity (Wildman–Crippen MR) is 91.3 cm³/mol. The Kier molecular flexibility index (Phi) is 5.04. The molecule has 0 radical (unpaired) electrons. The molecule has 0 saturated carbocycles. The van der Waals surface area contributed by atoms with Crippen molar-refractivity contribution >= 4 is 11.0 Å². The van der Waals surface area contributed by atoms with Crippen LogP contribution in [0.1, 0.15) is 25.0 Å². The average molecular weight is 302 g/mol. The lowest BCUT2D eigenvalue weighted by molar-refractivity contribution is 0.232. The molecular weight excluding hydrogens is 276 g/mol. The summed E-state index contributed by atoms with van der Waals surface area (Å²) in [6.07, 6.45) is 0. The van der Waals surface area contributed by atoms with Gasteiger partial charge >= 0.3 is 5.63 Å². The van der Waals surface area contributed by atoms with Gasteiger partial charge in [0.15, 0.2) is 0 Å². The van der Waals surface area contributed by atoms with Gasteiger partial charge in [0, 0.05) is 31.1 Å². The van der Waals surface area contributed by atoms with Crippen molar-refractivity contribution < 1.29 is 4.42 Å². The Bertz CT molecular complexity index is 702. The maximum Gasteiger partial charge on any atom is 0.336 e. The molecule has 1 heterocycles. The average Bonchev–Trinajstić information content (AvgIpc) is 2.35. The SMILES string of the molecule is Cc1ccc2c(CNCC(C)(C)CN(C)C)cc(=O)oc2c1. The van der Waals surface area contributed by atoms with Crippen LogP contribution in [0.2, 0.25) is 0 Å². The normalized spacial score (nSPS) is 12.3. The second-order valence-electron chi connectivity index (χ2n) is 7.10. The predicted octanol–water partition coefficient (Wildman–Crippen LogP) is 2.78. The molecule has 0 saturated heterocycles. The second kappa shape index (κ2) is 6.63. The largest absolute Gasteiger partial charge is 0.423 e. The molecule has 4 nitrogen and oxygen atoms in total. The van der Waals surface area contributed by atoms with E-state index in [9.17, 15) is 4.79 Å². The van der Waals surface area contributed by atoms with Crippen molar-refractivity contribution in [2.75, 3.05) is 27.2 Å². The molecule has 120 valence electrons. The van der Waals surface area contributed by atoms with Crippen molar-refractivity contribution in [2.45, 2.75) is 27.3 Å². The molecule has 0 fully saturated rings. The maximum atomic E-state index is 11.7. The van der Waals surface area contributed by atoms with E-state index in [1.54, 1.807) is 6.07 Å². The van der Waals surface area contributed by atoms with Gasteiger partial charge in [-0.15, -0.1) is 0 Å². The summed E-state index contributed by atoms with van der Waals surface area (Å²) in [5.74, 6) is 0. The molecule has 0 amide bonds. The number of hydrogen-bond acceptors (Lipinski definition) is 4. The number of hydrogen-bond donors (Lipinski definition) is 1. The van der Waals surface area contributed by atoms with Crippen molar-refractivity contribution in [3.63, 3.8) is 0 Å². The van der Waals surface area contributed by atoms with Crippen LogP contribution >= 0.6 is 0 Å². The van der Waals surface area contributed by atoms with Gasteiger partial charge < -0.3 is 14.6 Å². The fourth-order valence-electron chi connectivity index (χ4n) is 2.93. The monoisotopic (exact) mass is 302 g/mol. The third-order valence-corrected chi connectivity index (χ3v) is 3.65. The summed E-state index contributed by atoms with van der Waals surface area (Å²) in [5.41, 5.74) is 2.63. The highest BCUT2D eigenvalue weighted by molar-refractivity contribution is 5.80. The van der Waals surface area contributed by atoms with Gasteiger partial charge in [0.1, 0.15) is 5.58 Å². The number of fused-ring (bicyclic) bond motifs is 1. The number of nitrogens with one attached hydrogen (secondary N) is 1. The molecular formula is C18H26N2O2. The summed E-state index contributed by atoms with van der Waals surface area (Å²) in [4.78, 5) is 13.9. The van der Waals surface area contributed by atoms with Gasteiger partial charge in [0.05, 0.1) is 0 Å².